The summed E-state index contributed by atoms with van der Waals surface area (Å²) in [6.45, 7) is -0.584. The Morgan fingerprint density at radius 2 is 2.18 bits per heavy atom. The standard InChI is InChI=1S/C19H13N3O5S/c23-16(24)9-27-14-5-2-1-4-12(14)8-21-22-11-20-18-17(19(22)25)13(10-28-18)15-6-3-7-26-15/h1-8,10-11H,9H2,(H,23,24)/p-1/b21-8-. The molecule has 0 aliphatic carbocycles. The van der Waals surface area contributed by atoms with Gasteiger partial charge in [0, 0.05) is 16.5 Å². The number of ether oxygens (including phenoxy) is 1. The maximum absolute atomic E-state index is 12.9. The van der Waals surface area contributed by atoms with Crippen molar-refractivity contribution in [3.63, 3.8) is 0 Å². The summed E-state index contributed by atoms with van der Waals surface area (Å²) in [6, 6.07) is 10.2. The summed E-state index contributed by atoms with van der Waals surface area (Å²) in [7, 11) is 0. The second-order valence-electron chi connectivity index (χ2n) is 5.64. The molecular formula is C19H12N3O5S-. The number of thiophene rings is 1. The summed E-state index contributed by atoms with van der Waals surface area (Å²) in [4.78, 5) is 28.3. The normalized spacial score (nSPS) is 11.3. The first-order valence-corrected chi connectivity index (χ1v) is 9.00. The van der Waals surface area contributed by atoms with E-state index in [1.807, 2.05) is 5.38 Å². The Morgan fingerprint density at radius 3 is 2.96 bits per heavy atom. The zero-order valence-corrected chi connectivity index (χ0v) is 15.1. The molecule has 0 aliphatic rings. The molecule has 0 spiro atoms. The van der Waals surface area contributed by atoms with Crippen molar-refractivity contribution in [3.8, 4) is 17.1 Å². The van der Waals surface area contributed by atoms with Crippen LogP contribution < -0.4 is 15.4 Å². The van der Waals surface area contributed by atoms with Crippen LogP contribution in [-0.4, -0.2) is 28.5 Å². The number of hydrogen-bond donors (Lipinski definition) is 0. The van der Waals surface area contributed by atoms with E-state index in [1.165, 1.54) is 30.1 Å². The highest BCUT2D eigenvalue weighted by Crippen LogP contribution is 2.30. The summed E-state index contributed by atoms with van der Waals surface area (Å²) >= 11 is 1.34. The molecule has 0 aliphatic heterocycles. The average molecular weight is 394 g/mol. The van der Waals surface area contributed by atoms with E-state index in [1.54, 1.807) is 36.4 Å². The molecule has 4 aromatic rings. The van der Waals surface area contributed by atoms with E-state index in [0.717, 1.165) is 4.68 Å². The first-order valence-electron chi connectivity index (χ1n) is 8.12. The van der Waals surface area contributed by atoms with Crippen molar-refractivity contribution >= 4 is 33.7 Å². The lowest BCUT2D eigenvalue weighted by Gasteiger charge is -2.09. The summed E-state index contributed by atoms with van der Waals surface area (Å²) in [5.74, 6) is -0.447. The van der Waals surface area contributed by atoms with Gasteiger partial charge in [0.2, 0.25) is 0 Å². The Labute approximate surface area is 162 Å². The average Bonchev–Trinajstić information content (AvgIpc) is 3.36. The molecule has 0 atom stereocenters. The van der Waals surface area contributed by atoms with Crippen LogP contribution in [0.2, 0.25) is 0 Å². The fourth-order valence-electron chi connectivity index (χ4n) is 2.60. The molecule has 8 nitrogen and oxygen atoms in total. The predicted octanol–water partition coefficient (Wildman–Crippen LogP) is 1.73. The number of carbonyl (C=O) groups excluding carboxylic acids is 1. The minimum Gasteiger partial charge on any atom is -0.546 e. The lowest BCUT2D eigenvalue weighted by atomic mass is 10.2. The maximum Gasteiger partial charge on any atom is 0.283 e. The summed E-state index contributed by atoms with van der Waals surface area (Å²) in [6.07, 6.45) is 4.27. The SMILES string of the molecule is O=C([O-])COc1ccccc1/C=N\n1cnc2scc(-c3ccco3)c2c1=O. The molecular weight excluding hydrogens is 382 g/mol. The van der Waals surface area contributed by atoms with E-state index in [0.29, 0.717) is 32.9 Å². The van der Waals surface area contributed by atoms with Gasteiger partial charge in [-0.1, -0.05) is 12.1 Å². The summed E-state index contributed by atoms with van der Waals surface area (Å²) < 4.78 is 11.7. The number of aromatic nitrogens is 2. The number of carbonyl (C=O) groups is 1. The predicted molar refractivity (Wildman–Crippen MR) is 102 cm³/mol. The van der Waals surface area contributed by atoms with Crippen LogP contribution in [0.5, 0.6) is 5.75 Å². The van der Waals surface area contributed by atoms with Gasteiger partial charge >= 0.3 is 0 Å². The van der Waals surface area contributed by atoms with Crippen molar-refractivity contribution in [1.82, 2.24) is 9.66 Å². The van der Waals surface area contributed by atoms with Crippen LogP contribution in [0.4, 0.5) is 0 Å². The number of carboxylic acid groups (broad SMARTS) is 1. The molecule has 0 saturated carbocycles. The Bertz CT molecular complexity index is 1220. The highest BCUT2D eigenvalue weighted by atomic mass is 32.1. The topological polar surface area (TPSA) is 110 Å². The lowest BCUT2D eigenvalue weighted by Crippen LogP contribution is -2.29. The smallest absolute Gasteiger partial charge is 0.283 e. The summed E-state index contributed by atoms with van der Waals surface area (Å²) in [5, 5.41) is 17.0. The van der Waals surface area contributed by atoms with E-state index in [-0.39, 0.29) is 5.56 Å². The Kier molecular flexibility index (Phi) is 4.73. The number of aliphatic carboxylic acids is 1. The zero-order valence-electron chi connectivity index (χ0n) is 14.3. The molecule has 9 heteroatoms. The van der Waals surface area contributed by atoms with Gasteiger partial charge in [-0.25, -0.2) is 4.98 Å². The third-order valence-corrected chi connectivity index (χ3v) is 4.74. The largest absolute Gasteiger partial charge is 0.546 e. The van der Waals surface area contributed by atoms with Crippen LogP contribution in [0.3, 0.4) is 0 Å². The van der Waals surface area contributed by atoms with Crippen LogP contribution in [0.25, 0.3) is 21.5 Å². The van der Waals surface area contributed by atoms with Gasteiger partial charge in [0.05, 0.1) is 23.8 Å². The van der Waals surface area contributed by atoms with Crippen LogP contribution in [-0.2, 0) is 4.79 Å². The minimum atomic E-state index is -1.33. The van der Waals surface area contributed by atoms with Gasteiger partial charge in [-0.2, -0.15) is 9.78 Å². The molecule has 0 unspecified atom stereocenters. The second-order valence-corrected chi connectivity index (χ2v) is 6.50. The molecule has 0 radical (unpaired) electrons. The van der Waals surface area contributed by atoms with Crippen molar-refractivity contribution in [2.75, 3.05) is 6.61 Å². The molecule has 3 heterocycles. The van der Waals surface area contributed by atoms with Crippen molar-refractivity contribution in [2.45, 2.75) is 0 Å². The van der Waals surface area contributed by atoms with Gasteiger partial charge in [-0.15, -0.1) is 11.3 Å². The van der Waals surface area contributed by atoms with Crippen molar-refractivity contribution < 1.29 is 19.1 Å². The number of nitrogens with zero attached hydrogens (tertiary/aromatic N) is 3. The lowest BCUT2D eigenvalue weighted by molar-refractivity contribution is -0.307. The number of para-hydroxylation sites is 1. The fourth-order valence-corrected chi connectivity index (χ4v) is 3.49. The highest BCUT2D eigenvalue weighted by molar-refractivity contribution is 7.17. The van der Waals surface area contributed by atoms with Crippen molar-refractivity contribution in [3.05, 3.63) is 70.3 Å². The molecule has 3 aromatic heterocycles. The van der Waals surface area contributed by atoms with Gasteiger partial charge < -0.3 is 19.1 Å². The molecule has 28 heavy (non-hydrogen) atoms. The number of furan rings is 1. The first kappa shape index (κ1) is 17.7. The fraction of sp³-hybridized carbons (Fsp3) is 0.0526. The zero-order chi connectivity index (χ0) is 19.5. The van der Waals surface area contributed by atoms with Gasteiger partial charge in [0.25, 0.3) is 5.56 Å². The first-order chi connectivity index (χ1) is 13.6. The molecule has 0 saturated heterocycles. The molecule has 4 rings (SSSR count). The Hall–Kier alpha value is -3.72. The molecule has 0 fully saturated rings. The third kappa shape index (κ3) is 3.42. The van der Waals surface area contributed by atoms with Crippen molar-refractivity contribution in [2.24, 2.45) is 5.10 Å². The van der Waals surface area contributed by atoms with Gasteiger partial charge in [0.15, 0.2) is 0 Å². The maximum atomic E-state index is 12.9. The molecule has 0 amide bonds. The van der Waals surface area contributed by atoms with Gasteiger partial charge in [0.1, 0.15) is 29.3 Å². The molecule has 0 bridgehead atoms. The van der Waals surface area contributed by atoms with E-state index in [9.17, 15) is 14.7 Å². The number of rotatable bonds is 6. The highest BCUT2D eigenvalue weighted by Gasteiger charge is 2.14. The molecule has 1 aromatic carbocycles. The number of fused-ring (bicyclic) bond motifs is 1. The minimum absolute atomic E-state index is 0.310. The van der Waals surface area contributed by atoms with E-state index >= 15 is 0 Å². The number of benzene rings is 1. The van der Waals surface area contributed by atoms with E-state index in [2.05, 4.69) is 10.1 Å². The monoisotopic (exact) mass is 394 g/mol. The van der Waals surface area contributed by atoms with E-state index in [4.69, 9.17) is 9.15 Å². The number of carboxylic acids is 1. The van der Waals surface area contributed by atoms with E-state index < -0.39 is 12.6 Å². The molecule has 140 valence electrons. The Morgan fingerprint density at radius 1 is 1.32 bits per heavy atom. The second kappa shape index (κ2) is 7.49. The molecule has 0 N–H and O–H groups in total. The van der Waals surface area contributed by atoms with Crippen LogP contribution >= 0.6 is 11.3 Å². The third-order valence-electron chi connectivity index (χ3n) is 3.85. The van der Waals surface area contributed by atoms with Crippen LogP contribution in [0.1, 0.15) is 5.56 Å². The Balaban J connectivity index is 1.71. The van der Waals surface area contributed by atoms with Crippen LogP contribution in [0, 0.1) is 0 Å². The van der Waals surface area contributed by atoms with Crippen molar-refractivity contribution in [1.29, 1.82) is 0 Å². The van der Waals surface area contributed by atoms with Gasteiger partial charge in [-0.3, -0.25) is 4.79 Å². The van der Waals surface area contributed by atoms with Gasteiger partial charge in [-0.05, 0) is 24.3 Å². The number of hydrogen-bond acceptors (Lipinski definition) is 8. The summed E-state index contributed by atoms with van der Waals surface area (Å²) in [5.41, 5.74) is 0.819. The van der Waals surface area contributed by atoms with Crippen LogP contribution in [0.15, 0.2) is 68.7 Å². The quantitative estimate of drug-likeness (QED) is 0.461.